The number of aryl methyl sites for hydroxylation is 1. The van der Waals surface area contributed by atoms with Gasteiger partial charge in [0.1, 0.15) is 6.61 Å². The topological polar surface area (TPSA) is 60.8 Å². The molecular weight excluding hydrogens is 262 g/mol. The van der Waals surface area contributed by atoms with Gasteiger partial charge in [-0.05, 0) is 25.0 Å². The van der Waals surface area contributed by atoms with Gasteiger partial charge in [0.25, 0.3) is 5.91 Å². The quantitative estimate of drug-likeness (QED) is 0.789. The molecule has 1 amide bonds. The van der Waals surface area contributed by atoms with Crippen molar-refractivity contribution in [1.82, 2.24) is 4.90 Å². The fourth-order valence-electron chi connectivity index (χ4n) is 2.15. The van der Waals surface area contributed by atoms with Crippen molar-refractivity contribution in [2.75, 3.05) is 26.3 Å². The highest BCUT2D eigenvalue weighted by Gasteiger charge is 2.27. The number of hydrogen-bond donors (Lipinski definition) is 2. The fourth-order valence-corrected chi connectivity index (χ4v) is 3.17. The third-order valence-electron chi connectivity index (χ3n) is 3.24. The highest BCUT2D eigenvalue weighted by atomic mass is 32.1. The zero-order valence-electron chi connectivity index (χ0n) is 10.8. The predicted octanol–water partition coefficient (Wildman–Crippen LogP) is 0.855. The minimum absolute atomic E-state index is 0.0149. The molecule has 0 bridgehead atoms. The molecule has 4 nitrogen and oxygen atoms in total. The van der Waals surface area contributed by atoms with E-state index >= 15 is 0 Å². The average Bonchev–Trinajstić information content (AvgIpc) is 3.02. The van der Waals surface area contributed by atoms with Crippen LogP contribution in [0.25, 0.3) is 0 Å². The molecule has 0 spiro atoms. The molecule has 1 aliphatic rings. The van der Waals surface area contributed by atoms with Crippen molar-refractivity contribution in [1.29, 1.82) is 0 Å². The lowest BCUT2D eigenvalue weighted by atomic mass is 10.1. The molecular formula is C14H17NO3S. The van der Waals surface area contributed by atoms with E-state index in [9.17, 15) is 4.79 Å². The maximum absolute atomic E-state index is 12.3. The lowest BCUT2D eigenvalue weighted by Crippen LogP contribution is -2.28. The second kappa shape index (κ2) is 6.20. The van der Waals surface area contributed by atoms with Crippen molar-refractivity contribution in [3.63, 3.8) is 0 Å². The summed E-state index contributed by atoms with van der Waals surface area (Å²) in [6, 6.07) is 1.85. The summed E-state index contributed by atoms with van der Waals surface area (Å²) < 4.78 is 0. The van der Waals surface area contributed by atoms with Crippen LogP contribution in [0.3, 0.4) is 0 Å². The van der Waals surface area contributed by atoms with Crippen LogP contribution in [0.15, 0.2) is 6.07 Å². The Bertz CT molecular complexity index is 527. The lowest BCUT2D eigenvalue weighted by molar-refractivity contribution is 0.0786. The Morgan fingerprint density at radius 2 is 2.37 bits per heavy atom. The average molecular weight is 279 g/mol. The van der Waals surface area contributed by atoms with Crippen LogP contribution in [0.1, 0.15) is 26.5 Å². The lowest BCUT2D eigenvalue weighted by Gasteiger charge is -2.14. The molecule has 1 aromatic heterocycles. The first-order valence-corrected chi connectivity index (χ1v) is 7.07. The zero-order chi connectivity index (χ0) is 13.8. The Balaban J connectivity index is 2.12. The first-order chi connectivity index (χ1) is 9.15. The Morgan fingerprint density at radius 1 is 1.58 bits per heavy atom. The molecule has 5 heteroatoms. The number of amides is 1. The Labute approximate surface area is 116 Å². The summed E-state index contributed by atoms with van der Waals surface area (Å²) in [6.45, 7) is 3.21. The minimum atomic E-state index is -0.176. The third-order valence-corrected chi connectivity index (χ3v) is 4.38. The standard InChI is InChI=1S/C14H17NO3S/c1-10-7-13(19-12(10)3-2-6-16)14(18)15-5-4-11(8-15)9-17/h7,11,16-17H,4-6,8-9H2,1H3. The maximum atomic E-state index is 12.3. The van der Waals surface area contributed by atoms with Crippen LogP contribution in [-0.2, 0) is 0 Å². The second-order valence-electron chi connectivity index (χ2n) is 4.67. The van der Waals surface area contributed by atoms with Crippen LogP contribution < -0.4 is 0 Å². The summed E-state index contributed by atoms with van der Waals surface area (Å²) in [5, 5.41) is 17.8. The van der Waals surface area contributed by atoms with Crippen molar-refractivity contribution in [2.45, 2.75) is 13.3 Å². The van der Waals surface area contributed by atoms with Gasteiger partial charge in [0, 0.05) is 25.6 Å². The normalized spacial score (nSPS) is 18.3. The molecule has 1 saturated heterocycles. The van der Waals surface area contributed by atoms with E-state index in [1.807, 2.05) is 13.0 Å². The molecule has 0 radical (unpaired) electrons. The van der Waals surface area contributed by atoms with Crippen LogP contribution in [0.4, 0.5) is 0 Å². The largest absolute Gasteiger partial charge is 0.396 e. The van der Waals surface area contributed by atoms with Gasteiger partial charge in [-0.3, -0.25) is 4.79 Å². The van der Waals surface area contributed by atoms with Gasteiger partial charge in [0.05, 0.1) is 9.75 Å². The van der Waals surface area contributed by atoms with E-state index in [-0.39, 0.29) is 25.0 Å². The van der Waals surface area contributed by atoms with Crippen molar-refractivity contribution in [2.24, 2.45) is 5.92 Å². The second-order valence-corrected chi connectivity index (χ2v) is 5.72. The molecule has 2 N–H and O–H groups in total. The fraction of sp³-hybridized carbons (Fsp3) is 0.500. The first-order valence-electron chi connectivity index (χ1n) is 6.26. The molecule has 0 aliphatic carbocycles. The van der Waals surface area contributed by atoms with Crippen molar-refractivity contribution in [3.05, 3.63) is 21.4 Å². The third kappa shape index (κ3) is 3.16. The van der Waals surface area contributed by atoms with E-state index in [1.165, 1.54) is 11.3 Å². The van der Waals surface area contributed by atoms with Crippen molar-refractivity contribution in [3.8, 4) is 11.8 Å². The Morgan fingerprint density at radius 3 is 3.00 bits per heavy atom. The predicted molar refractivity (Wildman–Crippen MR) is 74.1 cm³/mol. The minimum Gasteiger partial charge on any atom is -0.396 e. The smallest absolute Gasteiger partial charge is 0.263 e. The summed E-state index contributed by atoms with van der Waals surface area (Å²) in [5.74, 6) is 5.68. The highest BCUT2D eigenvalue weighted by molar-refractivity contribution is 7.14. The number of rotatable bonds is 2. The number of hydrogen-bond acceptors (Lipinski definition) is 4. The van der Waals surface area contributed by atoms with E-state index in [1.54, 1.807) is 4.90 Å². The monoisotopic (exact) mass is 279 g/mol. The van der Waals surface area contributed by atoms with Gasteiger partial charge in [0.15, 0.2) is 0 Å². The van der Waals surface area contributed by atoms with Gasteiger partial charge in [0.2, 0.25) is 0 Å². The number of nitrogens with zero attached hydrogens (tertiary/aromatic N) is 1. The van der Waals surface area contributed by atoms with Crippen LogP contribution in [0, 0.1) is 24.7 Å². The molecule has 1 fully saturated rings. The van der Waals surface area contributed by atoms with Crippen LogP contribution in [0.2, 0.25) is 0 Å². The summed E-state index contributed by atoms with van der Waals surface area (Å²) in [6.07, 6.45) is 0.865. The molecule has 1 aromatic rings. The van der Waals surface area contributed by atoms with Crippen molar-refractivity contribution >= 4 is 17.2 Å². The van der Waals surface area contributed by atoms with Gasteiger partial charge in [-0.15, -0.1) is 11.3 Å². The molecule has 1 atom stereocenters. The van der Waals surface area contributed by atoms with Gasteiger partial charge in [-0.1, -0.05) is 11.8 Å². The molecule has 1 unspecified atom stereocenters. The zero-order valence-corrected chi connectivity index (χ0v) is 11.7. The molecule has 102 valence electrons. The number of aliphatic hydroxyl groups excluding tert-OH is 2. The molecule has 1 aliphatic heterocycles. The van der Waals surface area contributed by atoms with E-state index in [4.69, 9.17) is 10.2 Å². The Kier molecular flexibility index (Phi) is 4.59. The van der Waals surface area contributed by atoms with Crippen molar-refractivity contribution < 1.29 is 15.0 Å². The molecule has 0 aromatic carbocycles. The van der Waals surface area contributed by atoms with Gasteiger partial charge in [-0.2, -0.15) is 0 Å². The Hall–Kier alpha value is -1.35. The van der Waals surface area contributed by atoms with E-state index in [0.29, 0.717) is 18.0 Å². The van der Waals surface area contributed by atoms with Crippen LogP contribution in [-0.4, -0.2) is 47.3 Å². The van der Waals surface area contributed by atoms with Crippen LogP contribution >= 0.6 is 11.3 Å². The summed E-state index contributed by atoms with van der Waals surface area (Å²) in [4.78, 5) is 15.6. The summed E-state index contributed by atoms with van der Waals surface area (Å²) >= 11 is 1.36. The number of thiophene rings is 1. The van der Waals surface area contributed by atoms with Crippen LogP contribution in [0.5, 0.6) is 0 Å². The van der Waals surface area contributed by atoms with E-state index in [0.717, 1.165) is 16.9 Å². The highest BCUT2D eigenvalue weighted by Crippen LogP contribution is 2.25. The maximum Gasteiger partial charge on any atom is 0.263 e. The van der Waals surface area contributed by atoms with Gasteiger partial charge in [-0.25, -0.2) is 0 Å². The molecule has 2 heterocycles. The first kappa shape index (κ1) is 14.1. The number of likely N-dealkylation sites (tertiary alicyclic amines) is 1. The molecule has 0 saturated carbocycles. The molecule has 19 heavy (non-hydrogen) atoms. The SMILES string of the molecule is Cc1cc(C(=O)N2CCC(CO)C2)sc1C#CCO. The number of carbonyl (C=O) groups is 1. The summed E-state index contributed by atoms with van der Waals surface area (Å²) in [7, 11) is 0. The van der Waals surface area contributed by atoms with E-state index < -0.39 is 0 Å². The van der Waals surface area contributed by atoms with Gasteiger partial charge < -0.3 is 15.1 Å². The van der Waals surface area contributed by atoms with E-state index in [2.05, 4.69) is 11.8 Å². The van der Waals surface area contributed by atoms with Gasteiger partial charge >= 0.3 is 0 Å². The molecule has 2 rings (SSSR count). The number of carbonyl (C=O) groups excluding carboxylic acids is 1. The summed E-state index contributed by atoms with van der Waals surface area (Å²) in [5.41, 5.74) is 0.965. The number of aliphatic hydroxyl groups is 2.